The summed E-state index contributed by atoms with van der Waals surface area (Å²) in [6.45, 7) is 5.91. The number of hydrogen-bond donors (Lipinski definition) is 1. The molecular formula is C17H22ClN7O. The summed E-state index contributed by atoms with van der Waals surface area (Å²) < 4.78 is 3.70. The largest absolute Gasteiger partial charge is 0.336 e. The van der Waals surface area contributed by atoms with Gasteiger partial charge in [-0.3, -0.25) is 4.79 Å². The zero-order chi connectivity index (χ0) is 17.6. The van der Waals surface area contributed by atoms with Crippen LogP contribution in [0.3, 0.4) is 0 Å². The Hall–Kier alpha value is -2.45. The zero-order valence-electron chi connectivity index (χ0n) is 15.0. The van der Waals surface area contributed by atoms with Crippen LogP contribution in [-0.2, 0) is 7.05 Å². The molecule has 0 aromatic carbocycles. The summed E-state index contributed by atoms with van der Waals surface area (Å²) in [6.07, 6.45) is 5.32. The quantitative estimate of drug-likeness (QED) is 0.730. The van der Waals surface area contributed by atoms with E-state index in [0.29, 0.717) is 18.7 Å². The molecule has 1 N–H and O–H groups in total. The molecule has 26 heavy (non-hydrogen) atoms. The Morgan fingerprint density at radius 2 is 2.12 bits per heavy atom. The third kappa shape index (κ3) is 2.95. The molecule has 1 unspecified atom stereocenters. The summed E-state index contributed by atoms with van der Waals surface area (Å²) in [5.74, 6) is 0.844. The minimum Gasteiger partial charge on any atom is -0.336 e. The topological polar surface area (TPSA) is 80.4 Å². The van der Waals surface area contributed by atoms with E-state index in [1.54, 1.807) is 16.9 Å². The van der Waals surface area contributed by atoms with E-state index in [-0.39, 0.29) is 24.4 Å². The molecule has 4 rings (SSSR count). The normalized spacial score (nSPS) is 17.3. The summed E-state index contributed by atoms with van der Waals surface area (Å²) in [6, 6.07) is 1.80. The lowest BCUT2D eigenvalue weighted by Crippen LogP contribution is -2.49. The van der Waals surface area contributed by atoms with Gasteiger partial charge in [-0.15, -0.1) is 12.4 Å². The number of nitrogens with zero attached hydrogens (tertiary/aromatic N) is 6. The van der Waals surface area contributed by atoms with Crippen molar-refractivity contribution >= 4 is 24.0 Å². The Morgan fingerprint density at radius 3 is 2.85 bits per heavy atom. The second kappa shape index (κ2) is 7.05. The van der Waals surface area contributed by atoms with Crippen LogP contribution in [0.4, 0.5) is 0 Å². The summed E-state index contributed by atoms with van der Waals surface area (Å²) in [5.41, 5.74) is 3.03. The molecule has 9 heteroatoms. The first-order chi connectivity index (χ1) is 12.1. The van der Waals surface area contributed by atoms with Crippen LogP contribution in [0.15, 0.2) is 24.7 Å². The van der Waals surface area contributed by atoms with Gasteiger partial charge >= 0.3 is 0 Å². The first-order valence-electron chi connectivity index (χ1n) is 8.37. The fourth-order valence-corrected chi connectivity index (χ4v) is 3.40. The van der Waals surface area contributed by atoms with Crippen molar-refractivity contribution in [3.8, 4) is 0 Å². The van der Waals surface area contributed by atoms with Crippen LogP contribution in [0, 0.1) is 13.8 Å². The van der Waals surface area contributed by atoms with Gasteiger partial charge in [0.15, 0.2) is 5.65 Å². The molecule has 1 aliphatic heterocycles. The van der Waals surface area contributed by atoms with Crippen LogP contribution < -0.4 is 5.32 Å². The van der Waals surface area contributed by atoms with E-state index in [0.717, 1.165) is 29.4 Å². The van der Waals surface area contributed by atoms with Crippen molar-refractivity contribution in [2.75, 3.05) is 19.6 Å². The van der Waals surface area contributed by atoms with Gasteiger partial charge < -0.3 is 14.8 Å². The van der Waals surface area contributed by atoms with Crippen LogP contribution >= 0.6 is 12.4 Å². The molecule has 8 nitrogen and oxygen atoms in total. The monoisotopic (exact) mass is 375 g/mol. The second-order valence-corrected chi connectivity index (χ2v) is 6.43. The number of aryl methyl sites for hydroxylation is 3. The third-order valence-electron chi connectivity index (χ3n) is 4.74. The van der Waals surface area contributed by atoms with Crippen molar-refractivity contribution in [1.82, 2.24) is 34.4 Å². The Labute approximate surface area is 157 Å². The molecule has 3 aromatic heterocycles. The minimum atomic E-state index is -0.101. The summed E-state index contributed by atoms with van der Waals surface area (Å²) in [7, 11) is 1.95. The lowest BCUT2D eigenvalue weighted by molar-refractivity contribution is 0.0619. The van der Waals surface area contributed by atoms with E-state index in [9.17, 15) is 4.79 Å². The van der Waals surface area contributed by atoms with Gasteiger partial charge in [-0.05, 0) is 13.8 Å². The molecule has 0 aliphatic carbocycles. The molecule has 1 fully saturated rings. The Kier molecular flexibility index (Phi) is 4.97. The van der Waals surface area contributed by atoms with Crippen molar-refractivity contribution in [3.05, 3.63) is 47.4 Å². The van der Waals surface area contributed by atoms with E-state index in [1.165, 1.54) is 0 Å². The number of piperazine rings is 1. The van der Waals surface area contributed by atoms with Gasteiger partial charge in [0.2, 0.25) is 0 Å². The zero-order valence-corrected chi connectivity index (χ0v) is 15.8. The van der Waals surface area contributed by atoms with E-state index >= 15 is 0 Å². The van der Waals surface area contributed by atoms with Gasteiger partial charge in [0.05, 0.1) is 17.0 Å². The molecule has 1 aliphatic rings. The molecule has 1 amide bonds. The van der Waals surface area contributed by atoms with E-state index < -0.39 is 0 Å². The molecule has 0 radical (unpaired) electrons. The predicted molar refractivity (Wildman–Crippen MR) is 99.6 cm³/mol. The highest BCUT2D eigenvalue weighted by Crippen LogP contribution is 2.24. The molecule has 3 aromatic rings. The standard InChI is InChI=1S/C17H21N7O.ClH/c1-11-8-15-20-9-13(12(2)24(15)21-11)17(25)23-7-4-18-10-14(23)16-19-5-6-22(16)3;/h5-6,8-9,14,18H,4,7,10H2,1-3H3;1H. The molecular weight excluding hydrogens is 354 g/mol. The Bertz CT molecular complexity index is 948. The minimum absolute atomic E-state index is 0. The van der Waals surface area contributed by atoms with Gasteiger partial charge in [0, 0.05) is 51.3 Å². The van der Waals surface area contributed by atoms with Crippen LogP contribution in [0.25, 0.3) is 5.65 Å². The predicted octanol–water partition coefficient (Wildman–Crippen LogP) is 1.29. The smallest absolute Gasteiger partial charge is 0.257 e. The molecule has 1 atom stereocenters. The van der Waals surface area contributed by atoms with E-state index in [4.69, 9.17) is 0 Å². The first kappa shape index (κ1) is 18.3. The average molecular weight is 376 g/mol. The highest BCUT2D eigenvalue weighted by atomic mass is 35.5. The van der Waals surface area contributed by atoms with Crippen molar-refractivity contribution in [3.63, 3.8) is 0 Å². The van der Waals surface area contributed by atoms with Crippen molar-refractivity contribution in [2.24, 2.45) is 7.05 Å². The second-order valence-electron chi connectivity index (χ2n) is 6.43. The highest BCUT2D eigenvalue weighted by Gasteiger charge is 2.32. The summed E-state index contributed by atoms with van der Waals surface area (Å²) in [4.78, 5) is 24.0. The molecule has 4 heterocycles. The number of imidazole rings is 1. The maximum absolute atomic E-state index is 13.3. The van der Waals surface area contributed by atoms with Gasteiger partial charge in [0.25, 0.3) is 5.91 Å². The average Bonchev–Trinajstić information content (AvgIpc) is 3.20. The van der Waals surface area contributed by atoms with E-state index in [2.05, 4.69) is 20.4 Å². The number of nitrogens with one attached hydrogen (secondary N) is 1. The summed E-state index contributed by atoms with van der Waals surface area (Å²) >= 11 is 0. The highest BCUT2D eigenvalue weighted by molar-refractivity contribution is 5.95. The Balaban J connectivity index is 0.00000196. The van der Waals surface area contributed by atoms with Crippen LogP contribution in [0.2, 0.25) is 0 Å². The fraction of sp³-hybridized carbons (Fsp3) is 0.412. The summed E-state index contributed by atoms with van der Waals surface area (Å²) in [5, 5.41) is 7.79. The maximum Gasteiger partial charge on any atom is 0.257 e. The lowest BCUT2D eigenvalue weighted by Gasteiger charge is -2.36. The number of aromatic nitrogens is 5. The van der Waals surface area contributed by atoms with Crippen molar-refractivity contribution < 1.29 is 4.79 Å². The van der Waals surface area contributed by atoms with Gasteiger partial charge in [-0.1, -0.05) is 0 Å². The number of halogens is 1. The van der Waals surface area contributed by atoms with Gasteiger partial charge in [0.1, 0.15) is 11.9 Å². The maximum atomic E-state index is 13.3. The van der Waals surface area contributed by atoms with Crippen LogP contribution in [0.5, 0.6) is 0 Å². The lowest BCUT2D eigenvalue weighted by atomic mass is 10.1. The molecule has 138 valence electrons. The van der Waals surface area contributed by atoms with Crippen molar-refractivity contribution in [1.29, 1.82) is 0 Å². The van der Waals surface area contributed by atoms with Crippen LogP contribution in [0.1, 0.15) is 33.6 Å². The Morgan fingerprint density at radius 1 is 1.31 bits per heavy atom. The fourth-order valence-electron chi connectivity index (χ4n) is 3.40. The number of carbonyl (C=O) groups excluding carboxylic acids is 1. The van der Waals surface area contributed by atoms with Gasteiger partial charge in [-0.2, -0.15) is 5.10 Å². The number of carbonyl (C=O) groups is 1. The first-order valence-corrected chi connectivity index (χ1v) is 8.37. The van der Waals surface area contributed by atoms with Crippen molar-refractivity contribution in [2.45, 2.75) is 19.9 Å². The molecule has 0 bridgehead atoms. The number of hydrogen-bond acceptors (Lipinski definition) is 5. The van der Waals surface area contributed by atoms with Crippen LogP contribution in [-0.4, -0.2) is 54.6 Å². The van der Waals surface area contributed by atoms with E-state index in [1.807, 2.05) is 42.6 Å². The number of amides is 1. The number of fused-ring (bicyclic) bond motifs is 1. The molecule has 0 spiro atoms. The third-order valence-corrected chi connectivity index (χ3v) is 4.74. The number of rotatable bonds is 2. The van der Waals surface area contributed by atoms with Gasteiger partial charge in [-0.25, -0.2) is 14.5 Å². The SMILES string of the molecule is Cc1cc2ncc(C(=O)N3CCNCC3c3nccn3C)c(C)n2n1.Cl. The molecule has 1 saturated heterocycles. The molecule has 0 saturated carbocycles.